The van der Waals surface area contributed by atoms with Crippen LogP contribution in [0.25, 0.3) is 44.2 Å². The van der Waals surface area contributed by atoms with E-state index in [0.29, 0.717) is 0 Å². The van der Waals surface area contributed by atoms with E-state index in [4.69, 9.17) is 0 Å². The standard InChI is InChI=1S/C69H63N5O2/c1-4-6-14-48-22-30-56(31-23-48)71(3)66-20-12-10-18-61(66)50-26-34-57(35-27-50)72-42-40-53-44-51(28-38-64(53)72)60(17-9-8-16-55(47-70)69(75)76)52-29-39-65-54(45-52)41-43-73(65)59-36-37-63-62-19-11-13-21-67(62)74(68(63)46-59)58-32-24-49(25-33-58)15-7-5-2/h8-13,16-39,44-46H,4-7,14-15,40-43H2,1-3H3,(H,75,76)/b9-8+,55-16+,60-17+. The van der Waals surface area contributed by atoms with Gasteiger partial charge in [0, 0.05) is 76.3 Å². The second kappa shape index (κ2) is 21.9. The highest BCUT2D eigenvalue weighted by Gasteiger charge is 2.25. The number of para-hydroxylation sites is 2. The lowest BCUT2D eigenvalue weighted by Gasteiger charge is -2.24. The molecule has 7 nitrogen and oxygen atoms in total. The minimum Gasteiger partial charge on any atom is -0.477 e. The van der Waals surface area contributed by atoms with E-state index >= 15 is 0 Å². The Morgan fingerprint density at radius 1 is 0.605 bits per heavy atom. The lowest BCUT2D eigenvalue weighted by atomic mass is 9.93. The van der Waals surface area contributed by atoms with Gasteiger partial charge in [-0.15, -0.1) is 0 Å². The Morgan fingerprint density at radius 2 is 1.17 bits per heavy atom. The number of aromatic nitrogens is 1. The third-order valence-electron chi connectivity index (χ3n) is 15.4. The molecule has 0 saturated heterocycles. The van der Waals surface area contributed by atoms with Gasteiger partial charge >= 0.3 is 5.97 Å². The summed E-state index contributed by atoms with van der Waals surface area (Å²) in [5.41, 5.74) is 21.1. The van der Waals surface area contributed by atoms with Gasteiger partial charge in [0.25, 0.3) is 0 Å². The summed E-state index contributed by atoms with van der Waals surface area (Å²) in [6, 6.07) is 66.6. The molecule has 2 aliphatic rings. The van der Waals surface area contributed by atoms with Gasteiger partial charge in [-0.25, -0.2) is 4.79 Å². The predicted octanol–water partition coefficient (Wildman–Crippen LogP) is 16.8. The molecule has 0 fully saturated rings. The molecule has 8 aromatic carbocycles. The minimum absolute atomic E-state index is 0.312. The summed E-state index contributed by atoms with van der Waals surface area (Å²) in [7, 11) is 2.15. The Kier molecular flexibility index (Phi) is 14.2. The van der Waals surface area contributed by atoms with Crippen LogP contribution < -0.4 is 14.7 Å². The van der Waals surface area contributed by atoms with Crippen LogP contribution in [0.15, 0.2) is 206 Å². The molecule has 2 aliphatic heterocycles. The van der Waals surface area contributed by atoms with E-state index in [1.165, 1.54) is 110 Å². The maximum atomic E-state index is 11.7. The van der Waals surface area contributed by atoms with Gasteiger partial charge in [0.1, 0.15) is 11.6 Å². The molecule has 0 spiro atoms. The maximum Gasteiger partial charge on any atom is 0.346 e. The molecule has 0 bridgehead atoms. The van der Waals surface area contributed by atoms with E-state index in [9.17, 15) is 15.2 Å². The van der Waals surface area contributed by atoms with Crippen molar-refractivity contribution < 1.29 is 9.90 Å². The fourth-order valence-electron chi connectivity index (χ4n) is 11.3. The molecule has 0 radical (unpaired) electrons. The maximum absolute atomic E-state index is 11.7. The summed E-state index contributed by atoms with van der Waals surface area (Å²) in [5, 5.41) is 21.4. The second-order valence-corrected chi connectivity index (χ2v) is 20.2. The summed E-state index contributed by atoms with van der Waals surface area (Å²) in [4.78, 5) is 18.8. The number of anilines is 6. The molecule has 376 valence electrons. The van der Waals surface area contributed by atoms with Crippen LogP contribution in [0.3, 0.4) is 0 Å². The third-order valence-corrected chi connectivity index (χ3v) is 15.4. The number of nitriles is 1. The monoisotopic (exact) mass is 993 g/mol. The van der Waals surface area contributed by atoms with Crippen molar-refractivity contribution in [2.75, 3.05) is 34.8 Å². The van der Waals surface area contributed by atoms with Gasteiger partial charge in [-0.1, -0.05) is 136 Å². The Balaban J connectivity index is 0.876. The number of hydrogen-bond acceptors (Lipinski definition) is 5. The van der Waals surface area contributed by atoms with Crippen molar-refractivity contribution in [3.05, 3.63) is 239 Å². The molecular formula is C69H63N5O2. The van der Waals surface area contributed by atoms with Crippen LogP contribution in [0.5, 0.6) is 0 Å². The van der Waals surface area contributed by atoms with E-state index in [0.717, 1.165) is 72.5 Å². The number of aliphatic carboxylic acids is 1. The van der Waals surface area contributed by atoms with Crippen molar-refractivity contribution in [1.82, 2.24) is 4.57 Å². The number of rotatable bonds is 17. The van der Waals surface area contributed by atoms with Crippen LogP contribution in [-0.4, -0.2) is 35.8 Å². The zero-order chi connectivity index (χ0) is 52.1. The van der Waals surface area contributed by atoms with Crippen LogP contribution in [0.1, 0.15) is 72.9 Å². The van der Waals surface area contributed by atoms with Crippen molar-refractivity contribution in [2.24, 2.45) is 0 Å². The Morgan fingerprint density at radius 3 is 1.82 bits per heavy atom. The van der Waals surface area contributed by atoms with E-state index in [2.05, 4.69) is 216 Å². The van der Waals surface area contributed by atoms with Crippen LogP contribution >= 0.6 is 0 Å². The van der Waals surface area contributed by atoms with Gasteiger partial charge < -0.3 is 24.4 Å². The lowest BCUT2D eigenvalue weighted by molar-refractivity contribution is -0.132. The summed E-state index contributed by atoms with van der Waals surface area (Å²) < 4.78 is 2.41. The van der Waals surface area contributed by atoms with Crippen molar-refractivity contribution in [3.8, 4) is 22.9 Å². The van der Waals surface area contributed by atoms with E-state index < -0.39 is 5.97 Å². The van der Waals surface area contributed by atoms with E-state index in [1.807, 2.05) is 12.2 Å². The fourth-order valence-corrected chi connectivity index (χ4v) is 11.3. The smallest absolute Gasteiger partial charge is 0.346 e. The Bertz CT molecular complexity index is 3740. The summed E-state index contributed by atoms with van der Waals surface area (Å²) in [5.74, 6) is -1.24. The first-order valence-corrected chi connectivity index (χ1v) is 27.0. The highest BCUT2D eigenvalue weighted by molar-refractivity contribution is 6.10. The molecule has 9 aromatic rings. The van der Waals surface area contributed by atoms with Gasteiger partial charge in [0.2, 0.25) is 0 Å². The first kappa shape index (κ1) is 49.4. The number of unbranched alkanes of at least 4 members (excludes halogenated alkanes) is 2. The fraction of sp³-hybridized carbons (Fsp3) is 0.188. The number of allylic oxidation sites excluding steroid dienone is 4. The van der Waals surface area contributed by atoms with Gasteiger partial charge in [-0.2, -0.15) is 5.26 Å². The van der Waals surface area contributed by atoms with Crippen molar-refractivity contribution >= 4 is 67.5 Å². The van der Waals surface area contributed by atoms with Crippen LogP contribution in [0, 0.1) is 11.3 Å². The number of nitrogens with zero attached hydrogens (tertiary/aromatic N) is 5. The lowest BCUT2D eigenvalue weighted by Crippen LogP contribution is -2.13. The summed E-state index contributed by atoms with van der Waals surface area (Å²) >= 11 is 0. The van der Waals surface area contributed by atoms with Crippen molar-refractivity contribution in [3.63, 3.8) is 0 Å². The third kappa shape index (κ3) is 9.83. The number of benzene rings is 8. The number of hydrogen-bond donors (Lipinski definition) is 1. The van der Waals surface area contributed by atoms with Crippen LogP contribution in [-0.2, 0) is 30.5 Å². The zero-order valence-corrected chi connectivity index (χ0v) is 43.7. The highest BCUT2D eigenvalue weighted by atomic mass is 16.4. The molecule has 7 heteroatoms. The zero-order valence-electron chi connectivity index (χ0n) is 43.7. The Hall–Kier alpha value is -8.86. The number of carboxylic acids is 1. The highest BCUT2D eigenvalue weighted by Crippen LogP contribution is 2.43. The van der Waals surface area contributed by atoms with Crippen molar-refractivity contribution in [1.29, 1.82) is 5.26 Å². The molecule has 0 unspecified atom stereocenters. The van der Waals surface area contributed by atoms with Gasteiger partial charge in [-0.05, 0) is 174 Å². The molecule has 1 N–H and O–H groups in total. The summed E-state index contributed by atoms with van der Waals surface area (Å²) in [6.07, 6.45) is 15.6. The minimum atomic E-state index is -1.24. The normalized spacial score (nSPS) is 13.4. The van der Waals surface area contributed by atoms with Crippen LogP contribution in [0.4, 0.5) is 34.1 Å². The molecule has 0 amide bonds. The average Bonchev–Trinajstić information content (AvgIpc) is 4.19. The quantitative estimate of drug-likeness (QED) is 0.0556. The van der Waals surface area contributed by atoms with E-state index in [-0.39, 0.29) is 5.57 Å². The first-order chi connectivity index (χ1) is 37.3. The molecular weight excluding hydrogens is 931 g/mol. The van der Waals surface area contributed by atoms with Crippen molar-refractivity contribution in [2.45, 2.75) is 65.2 Å². The second-order valence-electron chi connectivity index (χ2n) is 20.2. The summed E-state index contributed by atoms with van der Waals surface area (Å²) in [6.45, 7) is 6.21. The Labute approximate surface area is 447 Å². The molecule has 3 heterocycles. The average molecular weight is 994 g/mol. The number of carboxylic acid groups (broad SMARTS) is 1. The first-order valence-electron chi connectivity index (χ1n) is 27.0. The SMILES string of the molecule is CCCCc1ccc(N(C)c2ccccc2-c2ccc(N3CCc4cc(\C(=C/C=C/C=C(\C#N)C(=O)O)c5ccc6c(c5)CCN6c5ccc6c7ccccc7n(-c7ccc(CCCC)cc7)c6c5)ccc43)cc2)cc1. The molecule has 0 saturated carbocycles. The van der Waals surface area contributed by atoms with Crippen LogP contribution in [0.2, 0.25) is 0 Å². The van der Waals surface area contributed by atoms with Gasteiger partial charge in [-0.3, -0.25) is 0 Å². The molecule has 76 heavy (non-hydrogen) atoms. The number of aryl methyl sites for hydroxylation is 2. The number of fused-ring (bicyclic) bond motifs is 5. The van der Waals surface area contributed by atoms with Gasteiger partial charge in [0.15, 0.2) is 0 Å². The largest absolute Gasteiger partial charge is 0.477 e. The van der Waals surface area contributed by atoms with E-state index in [1.54, 1.807) is 12.1 Å². The molecule has 0 atom stereocenters. The molecule has 11 rings (SSSR count). The predicted molar refractivity (Wildman–Crippen MR) is 316 cm³/mol. The number of carbonyl (C=O) groups is 1. The topological polar surface area (TPSA) is 75.7 Å². The molecule has 1 aromatic heterocycles. The molecule has 0 aliphatic carbocycles. The van der Waals surface area contributed by atoms with Gasteiger partial charge in [0.05, 0.1) is 11.0 Å².